The number of hydrogen-bond donors (Lipinski definition) is 0. The summed E-state index contributed by atoms with van der Waals surface area (Å²) in [5, 5.41) is 0. The first kappa shape index (κ1) is 17.7. The Morgan fingerprint density at radius 3 is 2.30 bits per heavy atom. The van der Waals surface area contributed by atoms with Crippen molar-refractivity contribution in [1.29, 1.82) is 0 Å². The second-order valence-corrected chi connectivity index (χ2v) is 7.23. The summed E-state index contributed by atoms with van der Waals surface area (Å²) in [6.45, 7) is 7.07. The fourth-order valence-electron chi connectivity index (χ4n) is 3.75. The molecule has 2 fully saturated rings. The average Bonchev–Trinajstić information content (AvgIpc) is 2.74. The van der Waals surface area contributed by atoms with E-state index in [4.69, 9.17) is 4.98 Å². The molecule has 0 radical (unpaired) electrons. The Morgan fingerprint density at radius 1 is 0.889 bits per heavy atom. The maximum absolute atomic E-state index is 12.6. The minimum atomic E-state index is 0.0740. The Balaban J connectivity index is 1.43. The van der Waals surface area contributed by atoms with Crippen LogP contribution in [0.3, 0.4) is 0 Å². The van der Waals surface area contributed by atoms with E-state index in [0.717, 1.165) is 43.6 Å². The molecular weight excluding hydrogens is 340 g/mol. The van der Waals surface area contributed by atoms with Gasteiger partial charge in [-0.1, -0.05) is 0 Å². The Hall–Kier alpha value is -2.70. The summed E-state index contributed by atoms with van der Waals surface area (Å²) in [7, 11) is 0. The molecule has 4 rings (SSSR count). The van der Waals surface area contributed by atoms with Crippen LogP contribution in [0.15, 0.2) is 30.6 Å². The lowest BCUT2D eigenvalue weighted by Crippen LogP contribution is -2.49. The SMILES string of the molecule is Cc1cc(N2CCN(C(=O)c3ccncc3)CC2)nc(N2CCCCC2)n1. The number of aromatic nitrogens is 3. The van der Waals surface area contributed by atoms with Gasteiger partial charge in [-0.15, -0.1) is 0 Å². The number of aryl methyl sites for hydroxylation is 1. The number of anilines is 2. The molecule has 0 aliphatic carbocycles. The summed E-state index contributed by atoms with van der Waals surface area (Å²) in [5.74, 6) is 1.89. The smallest absolute Gasteiger partial charge is 0.254 e. The number of amides is 1. The van der Waals surface area contributed by atoms with Crippen LogP contribution in [0.1, 0.15) is 35.3 Å². The van der Waals surface area contributed by atoms with Crippen LogP contribution in [0.2, 0.25) is 0 Å². The van der Waals surface area contributed by atoms with Crippen LogP contribution < -0.4 is 9.80 Å². The van der Waals surface area contributed by atoms with Gasteiger partial charge in [0.1, 0.15) is 5.82 Å². The summed E-state index contributed by atoms with van der Waals surface area (Å²) >= 11 is 0. The van der Waals surface area contributed by atoms with Crippen LogP contribution in [0, 0.1) is 6.92 Å². The van der Waals surface area contributed by atoms with Gasteiger partial charge >= 0.3 is 0 Å². The van der Waals surface area contributed by atoms with Gasteiger partial charge < -0.3 is 14.7 Å². The van der Waals surface area contributed by atoms with E-state index >= 15 is 0 Å². The molecule has 0 N–H and O–H groups in total. The monoisotopic (exact) mass is 366 g/mol. The quantitative estimate of drug-likeness (QED) is 0.829. The molecule has 27 heavy (non-hydrogen) atoms. The number of carbonyl (C=O) groups excluding carboxylic acids is 1. The molecule has 2 aliphatic rings. The van der Waals surface area contributed by atoms with Gasteiger partial charge in [-0.2, -0.15) is 4.98 Å². The second-order valence-electron chi connectivity index (χ2n) is 7.23. The maximum atomic E-state index is 12.6. The van der Waals surface area contributed by atoms with Gasteiger partial charge in [0.05, 0.1) is 0 Å². The molecule has 7 heteroatoms. The van der Waals surface area contributed by atoms with Gasteiger partial charge in [0.2, 0.25) is 5.95 Å². The highest BCUT2D eigenvalue weighted by Gasteiger charge is 2.24. The molecular formula is C20H26N6O. The van der Waals surface area contributed by atoms with E-state index in [1.54, 1.807) is 24.5 Å². The van der Waals surface area contributed by atoms with Crippen molar-refractivity contribution in [2.24, 2.45) is 0 Å². The van der Waals surface area contributed by atoms with Gasteiger partial charge in [-0.25, -0.2) is 4.98 Å². The van der Waals surface area contributed by atoms with E-state index < -0.39 is 0 Å². The summed E-state index contributed by atoms with van der Waals surface area (Å²) in [6.07, 6.45) is 7.04. The van der Waals surface area contributed by atoms with Gasteiger partial charge in [0.25, 0.3) is 5.91 Å². The van der Waals surface area contributed by atoms with E-state index in [2.05, 4.69) is 19.8 Å². The highest BCUT2D eigenvalue weighted by Crippen LogP contribution is 2.22. The summed E-state index contributed by atoms with van der Waals surface area (Å²) in [4.78, 5) is 32.5. The molecule has 142 valence electrons. The topological polar surface area (TPSA) is 65.5 Å². The maximum Gasteiger partial charge on any atom is 0.254 e. The van der Waals surface area contributed by atoms with E-state index in [1.807, 2.05) is 17.9 Å². The fraction of sp³-hybridized carbons (Fsp3) is 0.500. The molecule has 2 aromatic rings. The molecule has 2 aromatic heterocycles. The predicted molar refractivity (Wildman–Crippen MR) is 105 cm³/mol. The van der Waals surface area contributed by atoms with Crippen LogP contribution in [-0.4, -0.2) is 65.0 Å². The van der Waals surface area contributed by atoms with Crippen LogP contribution in [-0.2, 0) is 0 Å². The van der Waals surface area contributed by atoms with Crippen molar-refractivity contribution in [3.8, 4) is 0 Å². The number of piperazine rings is 1. The number of hydrogen-bond acceptors (Lipinski definition) is 6. The molecule has 1 amide bonds. The Kier molecular flexibility index (Phi) is 5.18. The largest absolute Gasteiger partial charge is 0.353 e. The molecule has 0 bridgehead atoms. The van der Waals surface area contributed by atoms with Crippen molar-refractivity contribution in [1.82, 2.24) is 19.9 Å². The fourth-order valence-corrected chi connectivity index (χ4v) is 3.75. The molecule has 2 aliphatic heterocycles. The van der Waals surface area contributed by atoms with Crippen molar-refractivity contribution in [3.05, 3.63) is 41.9 Å². The number of carbonyl (C=O) groups is 1. The summed E-state index contributed by atoms with van der Waals surface area (Å²) in [5.41, 5.74) is 1.69. The lowest BCUT2D eigenvalue weighted by Gasteiger charge is -2.36. The number of nitrogens with zero attached hydrogens (tertiary/aromatic N) is 6. The molecule has 2 saturated heterocycles. The zero-order chi connectivity index (χ0) is 18.6. The molecule has 0 saturated carbocycles. The van der Waals surface area contributed by atoms with Crippen LogP contribution >= 0.6 is 0 Å². The highest BCUT2D eigenvalue weighted by atomic mass is 16.2. The predicted octanol–water partition coefficient (Wildman–Crippen LogP) is 2.13. The van der Waals surface area contributed by atoms with Crippen molar-refractivity contribution in [3.63, 3.8) is 0 Å². The minimum absolute atomic E-state index is 0.0740. The number of piperidine rings is 1. The average molecular weight is 366 g/mol. The first-order valence-corrected chi connectivity index (χ1v) is 9.75. The van der Waals surface area contributed by atoms with E-state index in [0.29, 0.717) is 18.7 Å². The van der Waals surface area contributed by atoms with Gasteiger partial charge in [0.15, 0.2) is 0 Å². The molecule has 0 unspecified atom stereocenters. The molecule has 0 spiro atoms. The van der Waals surface area contributed by atoms with Crippen molar-refractivity contribution >= 4 is 17.7 Å². The van der Waals surface area contributed by atoms with Crippen LogP contribution in [0.4, 0.5) is 11.8 Å². The third kappa shape index (κ3) is 4.02. The Morgan fingerprint density at radius 2 is 1.59 bits per heavy atom. The zero-order valence-corrected chi connectivity index (χ0v) is 15.8. The zero-order valence-electron chi connectivity index (χ0n) is 15.8. The first-order valence-electron chi connectivity index (χ1n) is 9.75. The molecule has 0 aromatic carbocycles. The van der Waals surface area contributed by atoms with Crippen molar-refractivity contribution in [2.45, 2.75) is 26.2 Å². The highest BCUT2D eigenvalue weighted by molar-refractivity contribution is 5.94. The molecule has 7 nitrogen and oxygen atoms in total. The lowest BCUT2D eigenvalue weighted by atomic mass is 10.1. The minimum Gasteiger partial charge on any atom is -0.353 e. The lowest BCUT2D eigenvalue weighted by molar-refractivity contribution is 0.0746. The van der Waals surface area contributed by atoms with Gasteiger partial charge in [0, 0.05) is 69.0 Å². The van der Waals surface area contributed by atoms with E-state index in [9.17, 15) is 4.79 Å². The molecule has 4 heterocycles. The third-order valence-corrected chi connectivity index (χ3v) is 5.29. The van der Waals surface area contributed by atoms with Crippen LogP contribution in [0.25, 0.3) is 0 Å². The molecule has 0 atom stereocenters. The third-order valence-electron chi connectivity index (χ3n) is 5.29. The Labute approximate surface area is 160 Å². The van der Waals surface area contributed by atoms with Gasteiger partial charge in [-0.05, 0) is 38.3 Å². The van der Waals surface area contributed by atoms with Crippen molar-refractivity contribution in [2.75, 3.05) is 49.1 Å². The van der Waals surface area contributed by atoms with E-state index in [-0.39, 0.29) is 5.91 Å². The second kappa shape index (κ2) is 7.90. The summed E-state index contributed by atoms with van der Waals surface area (Å²) in [6, 6.07) is 5.59. The normalized spacial score (nSPS) is 17.9. The van der Waals surface area contributed by atoms with Crippen LogP contribution in [0.5, 0.6) is 0 Å². The number of rotatable bonds is 3. The standard InChI is InChI=1S/C20H26N6O/c1-16-15-18(23-20(22-16)26-9-3-2-4-10-26)24-11-13-25(14-12-24)19(27)17-5-7-21-8-6-17/h5-8,15H,2-4,9-14H2,1H3. The van der Waals surface area contributed by atoms with Gasteiger partial charge in [-0.3, -0.25) is 9.78 Å². The Bertz CT molecular complexity index is 782. The number of pyridine rings is 1. The van der Waals surface area contributed by atoms with Crippen molar-refractivity contribution < 1.29 is 4.79 Å². The van der Waals surface area contributed by atoms with E-state index in [1.165, 1.54) is 19.3 Å². The first-order chi connectivity index (χ1) is 13.2. The summed E-state index contributed by atoms with van der Waals surface area (Å²) < 4.78 is 0.